The van der Waals surface area contributed by atoms with Crippen LogP contribution in [-0.2, 0) is 5.60 Å². The number of pyridine rings is 1. The normalized spacial score (nSPS) is 41.9. The zero-order chi connectivity index (χ0) is 13.7. The number of ether oxygens (including phenoxy) is 1. The fraction of sp³-hybridized carbons (Fsp3) is 0.706. The van der Waals surface area contributed by atoms with Gasteiger partial charge in [-0.15, -0.1) is 0 Å². The van der Waals surface area contributed by atoms with E-state index in [1.54, 1.807) is 6.20 Å². The van der Waals surface area contributed by atoms with Crippen molar-refractivity contribution in [1.82, 2.24) is 4.98 Å². The number of fused-ring (bicyclic) bond motifs is 5. The van der Waals surface area contributed by atoms with E-state index in [9.17, 15) is 5.11 Å². The summed E-state index contributed by atoms with van der Waals surface area (Å²) in [5.41, 5.74) is 0.317. The van der Waals surface area contributed by atoms with E-state index in [-0.39, 0.29) is 0 Å². The minimum atomic E-state index is -0.656. The van der Waals surface area contributed by atoms with E-state index in [0.717, 1.165) is 35.5 Å². The van der Waals surface area contributed by atoms with E-state index in [1.807, 2.05) is 19.2 Å². The van der Waals surface area contributed by atoms with Crippen LogP contribution in [0, 0.1) is 23.7 Å². The summed E-state index contributed by atoms with van der Waals surface area (Å²) in [6, 6.07) is 2.00. The molecule has 20 heavy (non-hydrogen) atoms. The second-order valence-electron chi connectivity index (χ2n) is 6.83. The van der Waals surface area contributed by atoms with E-state index < -0.39 is 5.60 Å². The largest absolute Gasteiger partial charge is 0.492 e. The highest BCUT2D eigenvalue weighted by molar-refractivity contribution is 5.31. The number of rotatable bonds is 3. The van der Waals surface area contributed by atoms with Crippen molar-refractivity contribution in [3.8, 4) is 5.75 Å². The van der Waals surface area contributed by atoms with Gasteiger partial charge in [-0.1, -0.05) is 6.42 Å². The van der Waals surface area contributed by atoms with Gasteiger partial charge in [-0.2, -0.15) is 0 Å². The molecule has 5 atom stereocenters. The molecule has 1 aromatic rings. The SMILES string of the molecule is CCOc1cncc(C2(O)CC3CC2C2CCCC32)c1. The fourth-order valence-corrected chi connectivity index (χ4v) is 5.35. The van der Waals surface area contributed by atoms with E-state index in [1.165, 1.54) is 25.7 Å². The summed E-state index contributed by atoms with van der Waals surface area (Å²) in [4.78, 5) is 4.28. The van der Waals surface area contributed by atoms with Crippen LogP contribution in [0.5, 0.6) is 5.75 Å². The van der Waals surface area contributed by atoms with Crippen molar-refractivity contribution in [2.24, 2.45) is 23.7 Å². The highest BCUT2D eigenvalue weighted by atomic mass is 16.5. The maximum atomic E-state index is 11.3. The average molecular weight is 273 g/mol. The molecule has 1 N–H and O–H groups in total. The molecule has 4 rings (SSSR count). The quantitative estimate of drug-likeness (QED) is 0.920. The van der Waals surface area contributed by atoms with Gasteiger partial charge < -0.3 is 9.84 Å². The molecule has 0 spiro atoms. The summed E-state index contributed by atoms with van der Waals surface area (Å²) < 4.78 is 5.54. The monoisotopic (exact) mass is 273 g/mol. The molecule has 5 unspecified atom stereocenters. The third-order valence-electron chi connectivity index (χ3n) is 6.01. The Kier molecular flexibility index (Phi) is 2.81. The van der Waals surface area contributed by atoms with Crippen molar-refractivity contribution in [3.63, 3.8) is 0 Å². The molecule has 3 aliphatic rings. The van der Waals surface area contributed by atoms with Crippen LogP contribution in [0.25, 0.3) is 0 Å². The number of aliphatic hydroxyl groups is 1. The molecule has 0 saturated heterocycles. The summed E-state index contributed by atoms with van der Waals surface area (Å²) in [6.07, 6.45) is 9.78. The molecule has 0 amide bonds. The lowest BCUT2D eigenvalue weighted by molar-refractivity contribution is -0.0516. The van der Waals surface area contributed by atoms with Crippen LogP contribution >= 0.6 is 0 Å². The third kappa shape index (κ3) is 1.65. The van der Waals surface area contributed by atoms with Gasteiger partial charge in [0.15, 0.2) is 0 Å². The minimum Gasteiger partial charge on any atom is -0.492 e. The predicted octanol–water partition coefficient (Wildman–Crippen LogP) is 3.12. The Balaban J connectivity index is 1.66. The molecule has 3 aliphatic carbocycles. The Morgan fingerprint density at radius 1 is 1.35 bits per heavy atom. The van der Waals surface area contributed by atoms with Crippen LogP contribution in [-0.4, -0.2) is 16.7 Å². The van der Waals surface area contributed by atoms with Crippen LogP contribution in [0.15, 0.2) is 18.5 Å². The molecule has 3 fully saturated rings. The first-order valence-corrected chi connectivity index (χ1v) is 8.03. The summed E-state index contributed by atoms with van der Waals surface area (Å²) in [5, 5.41) is 11.3. The summed E-state index contributed by atoms with van der Waals surface area (Å²) >= 11 is 0. The average Bonchev–Trinajstić information content (AvgIpc) is 3.10. The van der Waals surface area contributed by atoms with Gasteiger partial charge in [0.2, 0.25) is 0 Å². The maximum Gasteiger partial charge on any atom is 0.137 e. The highest BCUT2D eigenvalue weighted by Crippen LogP contribution is 2.65. The number of aromatic nitrogens is 1. The first-order chi connectivity index (χ1) is 9.72. The van der Waals surface area contributed by atoms with Gasteiger partial charge in [0.1, 0.15) is 5.75 Å². The van der Waals surface area contributed by atoms with Crippen molar-refractivity contribution in [2.45, 2.75) is 44.6 Å². The van der Waals surface area contributed by atoms with Gasteiger partial charge in [-0.3, -0.25) is 4.98 Å². The molecule has 3 heteroatoms. The van der Waals surface area contributed by atoms with Crippen LogP contribution in [0.3, 0.4) is 0 Å². The molecule has 1 aromatic heterocycles. The van der Waals surface area contributed by atoms with Crippen molar-refractivity contribution in [1.29, 1.82) is 0 Å². The van der Waals surface area contributed by atoms with Gasteiger partial charge in [0.05, 0.1) is 18.4 Å². The molecule has 3 saturated carbocycles. The standard InChI is InChI=1S/C17H23NO2/c1-2-20-13-7-12(9-18-10-13)17(19)8-11-6-16(17)15-5-3-4-14(11)15/h7,9-11,14-16,19H,2-6,8H2,1H3. The van der Waals surface area contributed by atoms with E-state index >= 15 is 0 Å². The van der Waals surface area contributed by atoms with Crippen molar-refractivity contribution in [2.75, 3.05) is 6.61 Å². The molecular weight excluding hydrogens is 250 g/mol. The van der Waals surface area contributed by atoms with Crippen molar-refractivity contribution >= 4 is 0 Å². The number of nitrogens with zero attached hydrogens (tertiary/aromatic N) is 1. The Morgan fingerprint density at radius 2 is 2.20 bits per heavy atom. The molecule has 0 radical (unpaired) electrons. The summed E-state index contributed by atoms with van der Waals surface area (Å²) in [6.45, 7) is 2.61. The van der Waals surface area contributed by atoms with Crippen LogP contribution < -0.4 is 4.74 Å². The Hall–Kier alpha value is -1.09. The van der Waals surface area contributed by atoms with Crippen LogP contribution in [0.1, 0.15) is 44.6 Å². The van der Waals surface area contributed by atoms with E-state index in [2.05, 4.69) is 4.98 Å². The topological polar surface area (TPSA) is 42.4 Å². The molecule has 3 nitrogen and oxygen atoms in total. The predicted molar refractivity (Wildman–Crippen MR) is 76.3 cm³/mol. The van der Waals surface area contributed by atoms with Gasteiger partial charge in [-0.25, -0.2) is 0 Å². The lowest BCUT2D eigenvalue weighted by atomic mass is 9.70. The third-order valence-corrected chi connectivity index (χ3v) is 6.01. The molecule has 0 aliphatic heterocycles. The zero-order valence-corrected chi connectivity index (χ0v) is 12.1. The van der Waals surface area contributed by atoms with Gasteiger partial charge in [-0.05, 0) is 62.3 Å². The zero-order valence-electron chi connectivity index (χ0n) is 12.1. The van der Waals surface area contributed by atoms with Crippen LogP contribution in [0.4, 0.5) is 0 Å². The first-order valence-electron chi connectivity index (χ1n) is 8.03. The Morgan fingerprint density at radius 3 is 3.05 bits per heavy atom. The maximum absolute atomic E-state index is 11.3. The molecule has 108 valence electrons. The van der Waals surface area contributed by atoms with Gasteiger partial charge in [0, 0.05) is 11.8 Å². The Bertz CT molecular complexity index is 517. The van der Waals surface area contributed by atoms with Gasteiger partial charge >= 0.3 is 0 Å². The lowest BCUT2D eigenvalue weighted by Crippen LogP contribution is -2.39. The van der Waals surface area contributed by atoms with Crippen molar-refractivity contribution < 1.29 is 9.84 Å². The smallest absolute Gasteiger partial charge is 0.137 e. The van der Waals surface area contributed by atoms with Crippen molar-refractivity contribution in [3.05, 3.63) is 24.0 Å². The van der Waals surface area contributed by atoms with E-state index in [4.69, 9.17) is 4.74 Å². The van der Waals surface area contributed by atoms with Crippen LogP contribution in [0.2, 0.25) is 0 Å². The summed E-state index contributed by atoms with van der Waals surface area (Å²) in [5.74, 6) is 3.59. The fourth-order valence-electron chi connectivity index (χ4n) is 5.35. The summed E-state index contributed by atoms with van der Waals surface area (Å²) in [7, 11) is 0. The molecule has 1 heterocycles. The Labute approximate surface area is 120 Å². The molecule has 2 bridgehead atoms. The molecular formula is C17H23NO2. The number of hydrogen-bond donors (Lipinski definition) is 1. The lowest BCUT2D eigenvalue weighted by Gasteiger charge is -2.39. The molecule has 0 aromatic carbocycles. The second-order valence-corrected chi connectivity index (χ2v) is 6.83. The van der Waals surface area contributed by atoms with Gasteiger partial charge in [0.25, 0.3) is 0 Å². The van der Waals surface area contributed by atoms with E-state index in [0.29, 0.717) is 12.5 Å². The number of hydrogen-bond acceptors (Lipinski definition) is 3. The first kappa shape index (κ1) is 12.6. The highest BCUT2D eigenvalue weighted by Gasteiger charge is 2.60. The second kappa shape index (κ2) is 4.45. The minimum absolute atomic E-state index is 0.443.